The van der Waals surface area contributed by atoms with Crippen LogP contribution in [0.3, 0.4) is 0 Å². The van der Waals surface area contributed by atoms with Gasteiger partial charge in [-0.1, -0.05) is 321 Å². The van der Waals surface area contributed by atoms with Crippen LogP contribution in [-0.2, 0) is 45.9 Å². The predicted octanol–water partition coefficient (Wildman–Crippen LogP) is 22.5. The summed E-state index contributed by atoms with van der Waals surface area (Å²) in [5.41, 5.74) is 5.51. The molecule has 0 spiro atoms. The second-order valence-corrected chi connectivity index (χ2v) is 27.1. The summed E-state index contributed by atoms with van der Waals surface area (Å²) in [6.45, 7) is 9.09. The molecule has 0 N–H and O–H groups in total. The molecule has 0 fully saturated rings. The molecule has 4 rings (SSSR count). The second kappa shape index (κ2) is 48.6. The Bertz CT molecular complexity index is 2230. The summed E-state index contributed by atoms with van der Waals surface area (Å²) < 4.78 is 69.5. The van der Waals surface area contributed by atoms with Gasteiger partial charge in [-0.3, -0.25) is 0 Å². The van der Waals surface area contributed by atoms with Crippen LogP contribution in [0.25, 0.3) is 21.5 Å². The standard InChI is InChI=1S/2C36H60O3S.Ca/c2*1-3-5-7-9-11-13-15-17-19-21-23-25-32-29-34-27-28-36(40(37,38)39)31-35(34)30-33(32)26-24-22-20-18-16-14-12-10-8-6-4-2;/h2*27-31H,3-26H2,1-2H3,(H,37,38,39);/q;;+2/p-2. The smallest absolute Gasteiger partial charge is 0.744 e. The van der Waals surface area contributed by atoms with Gasteiger partial charge in [0.2, 0.25) is 0 Å². The van der Waals surface area contributed by atoms with Gasteiger partial charge in [-0.05, 0) is 119 Å². The monoisotopic (exact) mass is 1180 g/mol. The Hall–Kier alpha value is -1.52. The van der Waals surface area contributed by atoms with Gasteiger partial charge in [-0.2, -0.15) is 0 Å². The molecule has 0 saturated carbocycles. The average Bonchev–Trinajstić information content (AvgIpc) is 3.44. The summed E-state index contributed by atoms with van der Waals surface area (Å²) >= 11 is 0. The maximum Gasteiger partial charge on any atom is 2.00 e. The molecule has 0 aliphatic heterocycles. The van der Waals surface area contributed by atoms with Crippen LogP contribution in [0, 0.1) is 0 Å². The maximum atomic E-state index is 11.6. The van der Waals surface area contributed by atoms with E-state index in [1.165, 1.54) is 317 Å². The van der Waals surface area contributed by atoms with Gasteiger partial charge >= 0.3 is 37.7 Å². The van der Waals surface area contributed by atoms with Gasteiger partial charge in [0.05, 0.1) is 9.79 Å². The molecule has 0 bridgehead atoms. The third-order valence-corrected chi connectivity index (χ3v) is 18.7. The van der Waals surface area contributed by atoms with Crippen LogP contribution < -0.4 is 0 Å². The summed E-state index contributed by atoms with van der Waals surface area (Å²) in [7, 11) is -8.88. The summed E-state index contributed by atoms with van der Waals surface area (Å²) in [6.07, 6.45) is 63.2. The van der Waals surface area contributed by atoms with Crippen molar-refractivity contribution in [3.05, 3.63) is 82.9 Å². The molecule has 0 aliphatic rings. The van der Waals surface area contributed by atoms with Crippen molar-refractivity contribution in [3.8, 4) is 0 Å². The first-order valence-corrected chi connectivity index (χ1v) is 36.8. The quantitative estimate of drug-likeness (QED) is 0.0247. The van der Waals surface area contributed by atoms with Crippen molar-refractivity contribution >= 4 is 79.5 Å². The molecule has 0 saturated heterocycles. The van der Waals surface area contributed by atoms with E-state index in [0.29, 0.717) is 0 Å². The van der Waals surface area contributed by atoms with Crippen LogP contribution in [0.1, 0.15) is 332 Å². The van der Waals surface area contributed by atoms with Crippen molar-refractivity contribution in [1.29, 1.82) is 0 Å². The van der Waals surface area contributed by atoms with E-state index in [0.717, 1.165) is 47.2 Å². The third kappa shape index (κ3) is 36.3. The van der Waals surface area contributed by atoms with Crippen molar-refractivity contribution in [2.24, 2.45) is 0 Å². The van der Waals surface area contributed by atoms with Gasteiger partial charge in [0.25, 0.3) is 0 Å². The molecule has 0 heterocycles. The minimum atomic E-state index is -4.44. The van der Waals surface area contributed by atoms with Crippen molar-refractivity contribution < 1.29 is 25.9 Å². The van der Waals surface area contributed by atoms with E-state index in [1.807, 2.05) is 0 Å². The van der Waals surface area contributed by atoms with E-state index < -0.39 is 20.2 Å². The Labute approximate surface area is 529 Å². The number of aryl methyl sites for hydroxylation is 4. The van der Waals surface area contributed by atoms with Crippen molar-refractivity contribution in [1.82, 2.24) is 0 Å². The molecule has 456 valence electrons. The van der Waals surface area contributed by atoms with Crippen LogP contribution in [0.5, 0.6) is 0 Å². The van der Waals surface area contributed by atoms with E-state index in [-0.39, 0.29) is 47.5 Å². The summed E-state index contributed by atoms with van der Waals surface area (Å²) in [6, 6.07) is 18.5. The van der Waals surface area contributed by atoms with Crippen molar-refractivity contribution in [3.63, 3.8) is 0 Å². The van der Waals surface area contributed by atoms with E-state index in [4.69, 9.17) is 0 Å². The fraction of sp³-hybridized carbons (Fsp3) is 0.722. The average molecular weight is 1180 g/mol. The molecule has 6 nitrogen and oxygen atoms in total. The minimum absolute atomic E-state index is 0. The van der Waals surface area contributed by atoms with Crippen LogP contribution in [0.4, 0.5) is 0 Å². The molecular weight excluding hydrogens is 1060 g/mol. The second-order valence-electron chi connectivity index (χ2n) is 24.3. The minimum Gasteiger partial charge on any atom is -0.744 e. The van der Waals surface area contributed by atoms with Gasteiger partial charge in [-0.25, -0.2) is 16.8 Å². The van der Waals surface area contributed by atoms with Gasteiger partial charge in [-0.15, -0.1) is 0 Å². The third-order valence-electron chi connectivity index (χ3n) is 17.0. The van der Waals surface area contributed by atoms with Crippen molar-refractivity contribution in [2.45, 2.75) is 346 Å². The fourth-order valence-corrected chi connectivity index (χ4v) is 12.9. The van der Waals surface area contributed by atoms with E-state index in [9.17, 15) is 25.9 Å². The van der Waals surface area contributed by atoms with E-state index in [1.54, 1.807) is 24.3 Å². The van der Waals surface area contributed by atoms with Crippen molar-refractivity contribution in [2.75, 3.05) is 0 Å². The van der Waals surface area contributed by atoms with Gasteiger partial charge in [0.1, 0.15) is 20.2 Å². The number of benzene rings is 4. The molecule has 9 heteroatoms. The van der Waals surface area contributed by atoms with Crippen LogP contribution in [0.15, 0.2) is 70.5 Å². The molecule has 0 radical (unpaired) electrons. The largest absolute Gasteiger partial charge is 2.00 e. The molecule has 81 heavy (non-hydrogen) atoms. The van der Waals surface area contributed by atoms with Gasteiger partial charge < -0.3 is 9.11 Å². The first kappa shape index (κ1) is 75.6. The zero-order valence-corrected chi connectivity index (χ0v) is 56.5. The fourth-order valence-electron chi connectivity index (χ4n) is 11.9. The zero-order valence-electron chi connectivity index (χ0n) is 52.7. The molecular formula is C72H118CaO6S2. The normalized spacial score (nSPS) is 11.8. The maximum absolute atomic E-state index is 11.6. The Morgan fingerprint density at radius 3 is 0.605 bits per heavy atom. The first-order valence-electron chi connectivity index (χ1n) is 33.9. The number of hydrogen-bond acceptors (Lipinski definition) is 6. The molecule has 0 amide bonds. The molecule has 0 atom stereocenters. The molecule has 0 unspecified atom stereocenters. The number of rotatable bonds is 50. The first-order chi connectivity index (χ1) is 38.9. The SMILES string of the molecule is CCCCCCCCCCCCCc1cc2ccc(S(=O)(=O)[O-])cc2cc1CCCCCCCCCCCCC.CCCCCCCCCCCCCc1cc2ccc(S(=O)(=O)[O-])cc2cc1CCCCCCCCCCCCC.[Ca+2]. The van der Waals surface area contributed by atoms with E-state index >= 15 is 0 Å². The summed E-state index contributed by atoms with van der Waals surface area (Å²) in [4.78, 5) is -0.252. The Kier molecular flexibility index (Phi) is 45.3. The Morgan fingerprint density at radius 1 is 0.247 bits per heavy atom. The van der Waals surface area contributed by atoms with Crippen LogP contribution in [-0.4, -0.2) is 63.7 Å². The van der Waals surface area contributed by atoms with Gasteiger partial charge in [0, 0.05) is 0 Å². The summed E-state index contributed by atoms with van der Waals surface area (Å²) in [5.74, 6) is 0. The van der Waals surface area contributed by atoms with Crippen LogP contribution >= 0.6 is 0 Å². The Balaban J connectivity index is 0.000000547. The topological polar surface area (TPSA) is 114 Å². The van der Waals surface area contributed by atoms with Crippen LogP contribution in [0.2, 0.25) is 0 Å². The summed E-state index contributed by atoms with van der Waals surface area (Å²) in [5, 5.41) is 3.82. The predicted molar refractivity (Wildman–Crippen MR) is 350 cm³/mol. The Morgan fingerprint density at radius 2 is 0.420 bits per heavy atom. The molecule has 4 aromatic rings. The zero-order chi connectivity index (χ0) is 57.8. The number of unbranched alkanes of at least 4 members (excludes halogenated alkanes) is 40. The molecule has 0 aromatic heterocycles. The number of fused-ring (bicyclic) bond motifs is 2. The van der Waals surface area contributed by atoms with Gasteiger partial charge in [0.15, 0.2) is 0 Å². The number of hydrogen-bond donors (Lipinski definition) is 0. The molecule has 0 aliphatic carbocycles. The van der Waals surface area contributed by atoms with E-state index in [2.05, 4.69) is 52.0 Å². The molecule has 4 aromatic carbocycles.